The van der Waals surface area contributed by atoms with E-state index in [4.69, 9.17) is 21.1 Å². The van der Waals surface area contributed by atoms with Crippen LogP contribution in [-0.4, -0.2) is 26.2 Å². The van der Waals surface area contributed by atoms with Crippen molar-refractivity contribution in [2.45, 2.75) is 40.1 Å². The van der Waals surface area contributed by atoms with Gasteiger partial charge in [-0.2, -0.15) is 13.2 Å². The average Bonchev–Trinajstić information content (AvgIpc) is 3.28. The van der Waals surface area contributed by atoms with E-state index in [0.29, 0.717) is 22.4 Å². The number of amides is 1. The number of hydrogen-bond donors (Lipinski definition) is 2. The number of carbonyl (C=O) groups is 1. The number of carbonyl (C=O) groups excluding carboxylic acids is 1. The molecule has 0 aliphatic rings. The third-order valence-electron chi connectivity index (χ3n) is 4.16. The molecule has 0 atom stereocenters. The van der Waals surface area contributed by atoms with E-state index in [9.17, 15) is 18.0 Å². The lowest BCUT2D eigenvalue weighted by atomic mass is 10.1. The van der Waals surface area contributed by atoms with Crippen LogP contribution in [0.2, 0.25) is 5.02 Å². The third kappa shape index (κ3) is 7.13. The van der Waals surface area contributed by atoms with Gasteiger partial charge in [-0.25, -0.2) is 0 Å². The highest BCUT2D eigenvalue weighted by Gasteiger charge is 2.29. The molecule has 7 nitrogen and oxygen atoms in total. The van der Waals surface area contributed by atoms with Crippen molar-refractivity contribution >= 4 is 23.1 Å². The van der Waals surface area contributed by atoms with Gasteiger partial charge in [0, 0.05) is 18.8 Å². The van der Waals surface area contributed by atoms with Gasteiger partial charge in [0.05, 0.1) is 21.8 Å². The minimum Gasteiger partial charge on any atom is -0.418 e. The molecule has 1 aromatic carbocycles. The molecule has 0 fully saturated rings. The number of halogens is 4. The van der Waals surface area contributed by atoms with Gasteiger partial charge in [0.2, 0.25) is 17.7 Å². The topological polar surface area (TPSA) is 101 Å². The first-order valence-electron chi connectivity index (χ1n) is 9.89. The predicted octanol–water partition coefficient (Wildman–Crippen LogP) is 5.04. The molecule has 0 aliphatic carbocycles. The molecule has 0 saturated heterocycles. The number of nitrogens with zero attached hydrogens (tertiary/aromatic N) is 3. The van der Waals surface area contributed by atoms with Crippen LogP contribution in [0.4, 0.5) is 13.2 Å². The standard InChI is InChI=1S/C20H16ClF3N4O3.C2H6/c1-11(6-16(30)25-8-12-2-4-14(5-3-12)20(22,23)24)18-15(21)7-13(9-26-18)19-28-27-17(10-29)31-19;1-2/h2-7,9,29H,8,10H2,1H3,(H,25,30);1-2H3/b11-6+;. The molecule has 0 radical (unpaired) electrons. The molecule has 0 bridgehead atoms. The first kappa shape index (κ1) is 26.0. The molecular weight excluding hydrogens is 461 g/mol. The number of hydrogen-bond acceptors (Lipinski definition) is 6. The summed E-state index contributed by atoms with van der Waals surface area (Å²) in [4.78, 5) is 16.4. The first-order valence-corrected chi connectivity index (χ1v) is 10.3. The summed E-state index contributed by atoms with van der Waals surface area (Å²) < 4.78 is 43.0. The van der Waals surface area contributed by atoms with Crippen molar-refractivity contribution in [3.63, 3.8) is 0 Å². The highest BCUT2D eigenvalue weighted by atomic mass is 35.5. The van der Waals surface area contributed by atoms with Crippen molar-refractivity contribution in [1.82, 2.24) is 20.5 Å². The van der Waals surface area contributed by atoms with Gasteiger partial charge < -0.3 is 14.8 Å². The van der Waals surface area contributed by atoms with Crippen molar-refractivity contribution in [2.24, 2.45) is 0 Å². The van der Waals surface area contributed by atoms with Crippen LogP contribution in [0.3, 0.4) is 0 Å². The molecular formula is C22H22ClF3N4O3. The van der Waals surface area contributed by atoms with Crippen LogP contribution in [0.1, 0.15) is 43.5 Å². The molecule has 1 amide bonds. The number of pyridine rings is 1. The second-order valence-corrected chi connectivity index (χ2v) is 6.86. The molecule has 0 spiro atoms. The zero-order valence-electron chi connectivity index (χ0n) is 18.1. The van der Waals surface area contributed by atoms with Crippen LogP contribution in [0, 0.1) is 0 Å². The van der Waals surface area contributed by atoms with E-state index >= 15 is 0 Å². The fourth-order valence-electron chi connectivity index (χ4n) is 2.60. The number of aliphatic hydroxyl groups excluding tert-OH is 1. The second kappa shape index (κ2) is 11.6. The molecule has 3 rings (SSSR count). The van der Waals surface area contributed by atoms with Gasteiger partial charge in [-0.15, -0.1) is 10.2 Å². The summed E-state index contributed by atoms with van der Waals surface area (Å²) in [7, 11) is 0. The molecule has 11 heteroatoms. The molecule has 176 valence electrons. The van der Waals surface area contributed by atoms with Gasteiger partial charge in [-0.1, -0.05) is 37.6 Å². The van der Waals surface area contributed by atoms with Crippen molar-refractivity contribution in [2.75, 3.05) is 0 Å². The Hall–Kier alpha value is -3.24. The van der Waals surface area contributed by atoms with Gasteiger partial charge in [-0.05, 0) is 36.3 Å². The van der Waals surface area contributed by atoms with Gasteiger partial charge in [0.25, 0.3) is 0 Å². The summed E-state index contributed by atoms with van der Waals surface area (Å²) in [5, 5.41) is 19.2. The summed E-state index contributed by atoms with van der Waals surface area (Å²) in [6.07, 6.45) is -1.68. The maximum Gasteiger partial charge on any atom is 0.416 e. The summed E-state index contributed by atoms with van der Waals surface area (Å²) >= 11 is 6.26. The molecule has 2 N–H and O–H groups in total. The van der Waals surface area contributed by atoms with Crippen LogP contribution in [0.5, 0.6) is 0 Å². The van der Waals surface area contributed by atoms with Crippen molar-refractivity contribution in [3.8, 4) is 11.5 Å². The monoisotopic (exact) mass is 482 g/mol. The Morgan fingerprint density at radius 2 is 1.88 bits per heavy atom. The molecule has 0 unspecified atom stereocenters. The average molecular weight is 483 g/mol. The number of nitrogens with one attached hydrogen (secondary N) is 1. The van der Waals surface area contributed by atoms with Crippen LogP contribution in [0.25, 0.3) is 17.0 Å². The maximum atomic E-state index is 12.6. The Bertz CT molecular complexity index is 1110. The van der Waals surface area contributed by atoms with Gasteiger partial charge in [-0.3, -0.25) is 9.78 Å². The highest BCUT2D eigenvalue weighted by Crippen LogP contribution is 2.29. The maximum absolute atomic E-state index is 12.6. The Morgan fingerprint density at radius 1 is 1.21 bits per heavy atom. The molecule has 3 aromatic rings. The molecule has 33 heavy (non-hydrogen) atoms. The van der Waals surface area contributed by atoms with E-state index in [2.05, 4.69) is 20.5 Å². The second-order valence-electron chi connectivity index (χ2n) is 6.45. The number of aliphatic hydroxyl groups is 1. The van der Waals surface area contributed by atoms with E-state index in [0.717, 1.165) is 12.1 Å². The number of benzene rings is 1. The van der Waals surface area contributed by atoms with E-state index in [1.165, 1.54) is 30.5 Å². The summed E-state index contributed by atoms with van der Waals surface area (Å²) in [5.41, 5.74) is 1.05. The van der Waals surface area contributed by atoms with Gasteiger partial charge in [0.1, 0.15) is 6.61 Å². The van der Waals surface area contributed by atoms with Crippen LogP contribution < -0.4 is 5.32 Å². The largest absolute Gasteiger partial charge is 0.418 e. The Morgan fingerprint density at radius 3 is 2.42 bits per heavy atom. The van der Waals surface area contributed by atoms with Crippen molar-refractivity contribution in [3.05, 3.63) is 70.3 Å². The predicted molar refractivity (Wildman–Crippen MR) is 117 cm³/mol. The molecule has 2 aromatic heterocycles. The minimum absolute atomic E-state index is 0.0518. The Labute approximate surface area is 193 Å². The summed E-state index contributed by atoms with van der Waals surface area (Å²) in [5.74, 6) is -0.263. The minimum atomic E-state index is -4.41. The molecule has 2 heterocycles. The van der Waals surface area contributed by atoms with E-state index in [1.54, 1.807) is 6.92 Å². The zero-order chi connectivity index (χ0) is 24.6. The molecule has 0 aliphatic heterocycles. The van der Waals surface area contributed by atoms with Crippen LogP contribution >= 0.6 is 11.6 Å². The lowest BCUT2D eigenvalue weighted by molar-refractivity contribution is -0.137. The fourth-order valence-corrected chi connectivity index (χ4v) is 2.91. The Kier molecular flexibility index (Phi) is 9.12. The first-order chi connectivity index (χ1) is 15.7. The zero-order valence-corrected chi connectivity index (χ0v) is 18.8. The van der Waals surface area contributed by atoms with E-state index in [-0.39, 0.29) is 23.3 Å². The molecule has 0 saturated carbocycles. The van der Waals surface area contributed by atoms with E-state index < -0.39 is 24.3 Å². The van der Waals surface area contributed by atoms with Gasteiger partial charge >= 0.3 is 6.18 Å². The van der Waals surface area contributed by atoms with Gasteiger partial charge in [0.15, 0.2) is 0 Å². The van der Waals surface area contributed by atoms with Crippen molar-refractivity contribution < 1.29 is 27.5 Å². The third-order valence-corrected chi connectivity index (χ3v) is 4.45. The number of allylic oxidation sites excluding steroid dienone is 1. The number of rotatable bonds is 6. The highest BCUT2D eigenvalue weighted by molar-refractivity contribution is 6.32. The lowest BCUT2D eigenvalue weighted by Gasteiger charge is -2.08. The summed E-state index contributed by atoms with van der Waals surface area (Å²) in [6, 6.07) is 6.06. The van der Waals surface area contributed by atoms with Crippen LogP contribution in [-0.2, 0) is 24.1 Å². The number of aromatic nitrogens is 3. The normalized spacial score (nSPS) is 11.6. The lowest BCUT2D eigenvalue weighted by Crippen LogP contribution is -2.20. The smallest absolute Gasteiger partial charge is 0.416 e. The van der Waals surface area contributed by atoms with E-state index in [1.807, 2.05) is 13.8 Å². The fraction of sp³-hybridized carbons (Fsp3) is 0.273. The Balaban J connectivity index is 0.00000187. The SMILES string of the molecule is C/C(=C\C(=O)NCc1ccc(C(F)(F)F)cc1)c1ncc(-c2nnc(CO)o2)cc1Cl.CC. The van der Waals surface area contributed by atoms with Crippen molar-refractivity contribution in [1.29, 1.82) is 0 Å². The summed E-state index contributed by atoms with van der Waals surface area (Å²) in [6.45, 7) is 5.31. The quantitative estimate of drug-likeness (QED) is 0.477. The van der Waals surface area contributed by atoms with Crippen LogP contribution in [0.15, 0.2) is 47.0 Å². The number of alkyl halides is 3.